The number of esters is 1. The molecule has 1 N–H and O–H groups in total. The van der Waals surface area contributed by atoms with Crippen LogP contribution < -0.4 is 10.1 Å². The summed E-state index contributed by atoms with van der Waals surface area (Å²) in [5, 5.41) is 2.50. The van der Waals surface area contributed by atoms with Gasteiger partial charge in [-0.05, 0) is 61.7 Å². The molecule has 0 radical (unpaired) electrons. The van der Waals surface area contributed by atoms with Gasteiger partial charge in [0.25, 0.3) is 11.8 Å². The van der Waals surface area contributed by atoms with E-state index in [-0.39, 0.29) is 25.0 Å². The molecule has 0 atom stereocenters. The summed E-state index contributed by atoms with van der Waals surface area (Å²) < 4.78 is 10.4. The number of carbonyl (C=O) groups is 3. The number of aryl methyl sites for hydroxylation is 2. The Balaban J connectivity index is 1.74. The highest BCUT2D eigenvalue weighted by Gasteiger charge is 2.14. The number of rotatable bonds is 9. The largest absolute Gasteiger partial charge is 0.494 e. The summed E-state index contributed by atoms with van der Waals surface area (Å²) in [7, 11) is 1.63. The zero-order valence-corrected chi connectivity index (χ0v) is 17.9. The smallest absolute Gasteiger partial charge is 0.325 e. The molecule has 0 aliphatic rings. The molecule has 2 aromatic carbocycles. The maximum atomic E-state index is 12.2. The maximum Gasteiger partial charge on any atom is 0.325 e. The molecule has 0 aromatic heterocycles. The molecule has 0 spiro atoms. The molecule has 0 aliphatic carbocycles. The van der Waals surface area contributed by atoms with Crippen molar-refractivity contribution < 1.29 is 23.9 Å². The van der Waals surface area contributed by atoms with Crippen molar-refractivity contribution in [3.8, 4) is 5.75 Å². The van der Waals surface area contributed by atoms with Crippen LogP contribution in [0.2, 0.25) is 0 Å². The first-order chi connectivity index (χ1) is 14.3. The molecular weight excluding hydrogens is 384 g/mol. The van der Waals surface area contributed by atoms with Gasteiger partial charge in [-0.3, -0.25) is 14.4 Å². The summed E-state index contributed by atoms with van der Waals surface area (Å²) in [6.07, 6.45) is 0. The van der Waals surface area contributed by atoms with Crippen LogP contribution in [-0.4, -0.2) is 49.5 Å². The lowest BCUT2D eigenvalue weighted by molar-refractivity contribution is -0.150. The van der Waals surface area contributed by atoms with Crippen LogP contribution in [0.3, 0.4) is 0 Å². The molecular formula is C23H28N2O5. The second kappa shape index (κ2) is 11.0. The Morgan fingerprint density at radius 1 is 1.00 bits per heavy atom. The van der Waals surface area contributed by atoms with E-state index in [1.165, 1.54) is 4.90 Å². The molecule has 2 aromatic rings. The molecule has 7 heteroatoms. The van der Waals surface area contributed by atoms with E-state index in [0.29, 0.717) is 18.7 Å². The van der Waals surface area contributed by atoms with Crippen molar-refractivity contribution in [1.29, 1.82) is 0 Å². The quantitative estimate of drug-likeness (QED) is 0.640. The highest BCUT2D eigenvalue weighted by molar-refractivity contribution is 5.96. The SMILES string of the molecule is CCOc1ccc(CN(C)C(=O)COC(=O)CNC(=O)c2ccc(C)c(C)c2)cc1. The zero-order chi connectivity index (χ0) is 22.1. The van der Waals surface area contributed by atoms with E-state index >= 15 is 0 Å². The third-order valence-corrected chi connectivity index (χ3v) is 4.60. The first-order valence-corrected chi connectivity index (χ1v) is 9.77. The molecule has 7 nitrogen and oxygen atoms in total. The average Bonchev–Trinajstić information content (AvgIpc) is 2.73. The molecule has 0 saturated carbocycles. The molecule has 2 amide bonds. The Bertz CT molecular complexity index is 893. The van der Waals surface area contributed by atoms with Crippen LogP contribution in [0.15, 0.2) is 42.5 Å². The summed E-state index contributed by atoms with van der Waals surface area (Å²) in [6, 6.07) is 12.7. The van der Waals surface area contributed by atoms with Gasteiger partial charge in [0.05, 0.1) is 6.61 Å². The van der Waals surface area contributed by atoms with E-state index < -0.39 is 5.97 Å². The molecule has 0 fully saturated rings. The van der Waals surface area contributed by atoms with Gasteiger partial charge in [-0.25, -0.2) is 0 Å². The van der Waals surface area contributed by atoms with Crippen molar-refractivity contribution in [1.82, 2.24) is 10.2 Å². The van der Waals surface area contributed by atoms with E-state index in [9.17, 15) is 14.4 Å². The number of hydrogen-bond acceptors (Lipinski definition) is 5. The molecule has 0 unspecified atom stereocenters. The van der Waals surface area contributed by atoms with E-state index in [1.807, 2.05) is 51.1 Å². The Labute approximate surface area is 177 Å². The number of ether oxygens (including phenoxy) is 2. The number of carbonyl (C=O) groups excluding carboxylic acids is 3. The van der Waals surface area contributed by atoms with Gasteiger partial charge in [0.15, 0.2) is 6.61 Å². The second-order valence-corrected chi connectivity index (χ2v) is 6.97. The van der Waals surface area contributed by atoms with E-state index in [1.54, 1.807) is 19.2 Å². The zero-order valence-electron chi connectivity index (χ0n) is 17.9. The van der Waals surface area contributed by atoms with Crippen molar-refractivity contribution in [3.05, 3.63) is 64.7 Å². The van der Waals surface area contributed by atoms with Crippen molar-refractivity contribution in [2.75, 3.05) is 26.8 Å². The molecule has 0 bridgehead atoms. The molecule has 30 heavy (non-hydrogen) atoms. The van der Waals surface area contributed by atoms with Gasteiger partial charge in [0, 0.05) is 19.2 Å². The fraction of sp³-hybridized carbons (Fsp3) is 0.348. The lowest BCUT2D eigenvalue weighted by Crippen LogP contribution is -2.34. The molecule has 160 valence electrons. The van der Waals surface area contributed by atoms with Crippen LogP contribution in [-0.2, 0) is 20.9 Å². The highest BCUT2D eigenvalue weighted by Crippen LogP contribution is 2.13. The first kappa shape index (κ1) is 22.9. The topological polar surface area (TPSA) is 84.9 Å². The van der Waals surface area contributed by atoms with Crippen LogP contribution >= 0.6 is 0 Å². The fourth-order valence-corrected chi connectivity index (χ4v) is 2.66. The van der Waals surface area contributed by atoms with Gasteiger partial charge in [-0.15, -0.1) is 0 Å². The normalized spacial score (nSPS) is 10.3. The standard InChI is InChI=1S/C23H28N2O5/c1-5-29-20-10-7-18(8-11-20)14-25(4)21(26)15-30-22(27)13-24-23(28)19-9-6-16(2)17(3)12-19/h6-12H,5,13-15H2,1-4H3,(H,24,28). The van der Waals surface area contributed by atoms with Crippen molar-refractivity contribution in [3.63, 3.8) is 0 Å². The Kier molecular flexibility index (Phi) is 8.41. The third kappa shape index (κ3) is 6.92. The number of nitrogens with one attached hydrogen (secondary N) is 1. The van der Waals surface area contributed by atoms with Gasteiger partial charge in [-0.2, -0.15) is 0 Å². The van der Waals surface area contributed by atoms with Crippen LogP contribution in [0, 0.1) is 13.8 Å². The predicted molar refractivity (Wildman–Crippen MR) is 113 cm³/mol. The Morgan fingerprint density at radius 3 is 2.33 bits per heavy atom. The van der Waals surface area contributed by atoms with Crippen molar-refractivity contribution in [2.24, 2.45) is 0 Å². The summed E-state index contributed by atoms with van der Waals surface area (Å²) in [6.45, 7) is 6.07. The van der Waals surface area contributed by atoms with Gasteiger partial charge in [0.1, 0.15) is 12.3 Å². The third-order valence-electron chi connectivity index (χ3n) is 4.60. The van der Waals surface area contributed by atoms with Crippen LogP contribution in [0.5, 0.6) is 5.75 Å². The fourth-order valence-electron chi connectivity index (χ4n) is 2.66. The minimum atomic E-state index is -0.671. The van der Waals surface area contributed by atoms with E-state index in [4.69, 9.17) is 9.47 Å². The summed E-state index contributed by atoms with van der Waals surface area (Å²) in [4.78, 5) is 37.6. The Hall–Kier alpha value is -3.35. The summed E-state index contributed by atoms with van der Waals surface area (Å²) in [5.41, 5.74) is 3.48. The lowest BCUT2D eigenvalue weighted by atomic mass is 10.1. The van der Waals surface area contributed by atoms with E-state index in [2.05, 4.69) is 5.32 Å². The minimum absolute atomic E-state index is 0.304. The average molecular weight is 412 g/mol. The summed E-state index contributed by atoms with van der Waals surface area (Å²) in [5.74, 6) is -0.603. The van der Waals surface area contributed by atoms with Gasteiger partial charge >= 0.3 is 5.97 Å². The number of amides is 2. The first-order valence-electron chi connectivity index (χ1n) is 9.77. The second-order valence-electron chi connectivity index (χ2n) is 6.97. The number of benzene rings is 2. The summed E-state index contributed by atoms with van der Waals surface area (Å²) >= 11 is 0. The van der Waals surface area contributed by atoms with Crippen LogP contribution in [0.25, 0.3) is 0 Å². The van der Waals surface area contributed by atoms with Crippen LogP contribution in [0.1, 0.15) is 34.0 Å². The van der Waals surface area contributed by atoms with Crippen LogP contribution in [0.4, 0.5) is 0 Å². The van der Waals surface area contributed by atoms with Crippen molar-refractivity contribution in [2.45, 2.75) is 27.3 Å². The number of nitrogens with zero attached hydrogens (tertiary/aromatic N) is 1. The lowest BCUT2D eigenvalue weighted by Gasteiger charge is -2.17. The van der Waals surface area contributed by atoms with E-state index in [0.717, 1.165) is 22.4 Å². The predicted octanol–water partition coefficient (Wildman–Crippen LogP) is 2.63. The number of likely N-dealkylation sites (N-methyl/N-ethyl adjacent to an activating group) is 1. The molecule has 2 rings (SSSR count). The number of hydrogen-bond donors (Lipinski definition) is 1. The Morgan fingerprint density at radius 2 is 1.70 bits per heavy atom. The van der Waals surface area contributed by atoms with Gasteiger partial charge in [-0.1, -0.05) is 18.2 Å². The monoisotopic (exact) mass is 412 g/mol. The van der Waals surface area contributed by atoms with Gasteiger partial charge < -0.3 is 19.7 Å². The maximum absolute atomic E-state index is 12.2. The molecule has 0 saturated heterocycles. The highest BCUT2D eigenvalue weighted by atomic mass is 16.5. The molecule has 0 aliphatic heterocycles. The minimum Gasteiger partial charge on any atom is -0.494 e. The molecule has 0 heterocycles. The van der Waals surface area contributed by atoms with Gasteiger partial charge in [0.2, 0.25) is 0 Å². The van der Waals surface area contributed by atoms with Crippen molar-refractivity contribution >= 4 is 17.8 Å².